The fraction of sp³-hybridized carbons (Fsp3) is 0.529. The number of benzene rings is 1. The molecule has 1 rings (SSSR count). The zero-order chi connectivity index (χ0) is 20.1. The lowest BCUT2D eigenvalue weighted by Gasteiger charge is -2.36. The topological polar surface area (TPSA) is 67.4 Å². The summed E-state index contributed by atoms with van der Waals surface area (Å²) in [4.78, 5) is 24.4. The zero-order valence-corrected chi connectivity index (χ0v) is 15.7. The molecule has 0 heterocycles. The molecule has 0 radical (unpaired) electrons. The molecule has 0 spiro atoms. The van der Waals surface area contributed by atoms with Crippen molar-refractivity contribution in [1.29, 1.82) is 0 Å². The molecule has 0 saturated heterocycles. The third kappa shape index (κ3) is 5.03. The third-order valence-corrected chi connectivity index (χ3v) is 3.93. The lowest BCUT2D eigenvalue weighted by atomic mass is 10.1. The van der Waals surface area contributed by atoms with Gasteiger partial charge in [0.15, 0.2) is 0 Å². The Morgan fingerprint density at radius 2 is 1.88 bits per heavy atom. The number of carbonyl (C=O) groups is 2. The molecule has 146 valence electrons. The van der Waals surface area contributed by atoms with Crippen molar-refractivity contribution in [1.82, 2.24) is 5.32 Å². The fourth-order valence-electron chi connectivity index (χ4n) is 2.21. The van der Waals surface area contributed by atoms with Crippen LogP contribution >= 0.6 is 11.6 Å². The molecule has 0 aliphatic rings. The van der Waals surface area contributed by atoms with Crippen LogP contribution in [0.3, 0.4) is 0 Å². The molecule has 0 aliphatic carbocycles. The van der Waals surface area contributed by atoms with E-state index in [1.54, 1.807) is 19.2 Å². The number of anilines is 1. The first kappa shape index (κ1) is 22.1. The summed E-state index contributed by atoms with van der Waals surface area (Å²) in [5.41, 5.74) is -3.18. The van der Waals surface area contributed by atoms with E-state index in [1.807, 2.05) is 0 Å². The van der Waals surface area contributed by atoms with Crippen LogP contribution < -0.4 is 10.6 Å². The maximum atomic E-state index is 14.0. The van der Waals surface area contributed by atoms with Gasteiger partial charge >= 0.3 is 17.8 Å². The van der Waals surface area contributed by atoms with Gasteiger partial charge in [-0.15, -0.1) is 0 Å². The molecule has 0 aliphatic heterocycles. The van der Waals surface area contributed by atoms with E-state index in [-0.39, 0.29) is 29.7 Å². The normalized spacial score (nSPS) is 13.9. The highest BCUT2D eigenvalue weighted by molar-refractivity contribution is 6.31. The number of hydrogen-bond donors (Lipinski definition) is 2. The highest BCUT2D eigenvalue weighted by atomic mass is 35.5. The minimum absolute atomic E-state index is 0.0484. The Morgan fingerprint density at radius 3 is 2.38 bits per heavy atom. The van der Waals surface area contributed by atoms with E-state index in [2.05, 4.69) is 10.1 Å². The molecule has 26 heavy (non-hydrogen) atoms. The summed E-state index contributed by atoms with van der Waals surface area (Å²) in [7, 11) is 0. The van der Waals surface area contributed by atoms with Crippen molar-refractivity contribution in [3.63, 3.8) is 0 Å². The van der Waals surface area contributed by atoms with Crippen molar-refractivity contribution >= 4 is 29.2 Å². The van der Waals surface area contributed by atoms with Gasteiger partial charge in [0, 0.05) is 17.1 Å². The molecule has 2 N–H and O–H groups in total. The molecule has 0 bridgehead atoms. The Labute approximate surface area is 155 Å². The summed E-state index contributed by atoms with van der Waals surface area (Å²) in [6, 6.07) is 4.26. The van der Waals surface area contributed by atoms with Crippen LogP contribution in [-0.4, -0.2) is 30.3 Å². The highest BCUT2D eigenvalue weighted by Gasteiger charge is 2.63. The van der Waals surface area contributed by atoms with Crippen molar-refractivity contribution in [2.45, 2.75) is 46.0 Å². The summed E-state index contributed by atoms with van der Waals surface area (Å²) >= 11 is 5.95. The number of ether oxygens (including phenoxy) is 1. The minimum Gasteiger partial charge on any atom is -0.463 e. The van der Waals surface area contributed by atoms with E-state index in [9.17, 15) is 22.8 Å². The first-order valence-corrected chi connectivity index (χ1v) is 8.40. The van der Waals surface area contributed by atoms with Gasteiger partial charge in [-0.1, -0.05) is 31.5 Å². The highest BCUT2D eigenvalue weighted by Crippen LogP contribution is 2.35. The second-order valence-corrected chi connectivity index (χ2v) is 6.56. The largest absolute Gasteiger partial charge is 0.463 e. The van der Waals surface area contributed by atoms with E-state index in [4.69, 9.17) is 11.6 Å². The smallest absolute Gasteiger partial charge is 0.441 e. The van der Waals surface area contributed by atoms with E-state index in [0.717, 1.165) is 0 Å². The summed E-state index contributed by atoms with van der Waals surface area (Å²) in [5.74, 6) is -2.78. The van der Waals surface area contributed by atoms with Crippen molar-refractivity contribution in [2.75, 3.05) is 11.9 Å². The van der Waals surface area contributed by atoms with E-state index in [0.29, 0.717) is 5.56 Å². The van der Waals surface area contributed by atoms with Crippen LogP contribution in [0.15, 0.2) is 18.2 Å². The summed E-state index contributed by atoms with van der Waals surface area (Å²) in [5, 5.41) is 4.11. The van der Waals surface area contributed by atoms with Gasteiger partial charge in [-0.05, 0) is 37.5 Å². The van der Waals surface area contributed by atoms with Crippen LogP contribution in [0, 0.1) is 12.8 Å². The molecule has 0 aromatic heterocycles. The SMILES string of the molecule is CCOC(=O)[C@](NC(=O)CC(C)C)(Nc1cccc(Cl)c1C)C(F)(F)F. The van der Waals surface area contributed by atoms with Gasteiger partial charge in [-0.2, -0.15) is 13.2 Å². The molecule has 1 amide bonds. The van der Waals surface area contributed by atoms with Crippen LogP contribution in [0.1, 0.15) is 32.8 Å². The first-order chi connectivity index (χ1) is 11.9. The fourth-order valence-corrected chi connectivity index (χ4v) is 2.38. The molecule has 5 nitrogen and oxygen atoms in total. The van der Waals surface area contributed by atoms with Gasteiger partial charge in [0.2, 0.25) is 5.91 Å². The Hall–Kier alpha value is -1.96. The Balaban J connectivity index is 3.43. The van der Waals surface area contributed by atoms with Crippen molar-refractivity contribution < 1.29 is 27.5 Å². The van der Waals surface area contributed by atoms with E-state index < -0.39 is 23.7 Å². The summed E-state index contributed by atoms with van der Waals surface area (Å²) in [6.07, 6.45) is -5.35. The lowest BCUT2D eigenvalue weighted by molar-refractivity contribution is -0.208. The number of halogens is 4. The molecule has 1 atom stereocenters. The lowest BCUT2D eigenvalue weighted by Crippen LogP contribution is -2.69. The quantitative estimate of drug-likeness (QED) is 0.541. The van der Waals surface area contributed by atoms with E-state index in [1.165, 1.54) is 32.0 Å². The average Bonchev–Trinajstić information content (AvgIpc) is 2.49. The van der Waals surface area contributed by atoms with Crippen LogP contribution in [0.4, 0.5) is 18.9 Å². The number of carbonyl (C=O) groups excluding carboxylic acids is 2. The molecule has 0 saturated carbocycles. The van der Waals surface area contributed by atoms with E-state index >= 15 is 0 Å². The number of esters is 1. The average molecular weight is 395 g/mol. The molecule has 0 unspecified atom stereocenters. The molecule has 1 aromatic rings. The Bertz CT molecular complexity index is 665. The number of alkyl halides is 3. The Morgan fingerprint density at radius 1 is 1.27 bits per heavy atom. The van der Waals surface area contributed by atoms with Crippen molar-refractivity contribution in [3.05, 3.63) is 28.8 Å². The van der Waals surface area contributed by atoms with Gasteiger partial charge in [0.25, 0.3) is 0 Å². The molecule has 0 fully saturated rings. The maximum absolute atomic E-state index is 14.0. The van der Waals surface area contributed by atoms with Gasteiger partial charge < -0.3 is 15.4 Å². The number of hydrogen-bond acceptors (Lipinski definition) is 4. The van der Waals surface area contributed by atoms with Crippen LogP contribution in [0.2, 0.25) is 5.02 Å². The summed E-state index contributed by atoms with van der Waals surface area (Å²) in [6.45, 7) is 5.93. The molecular formula is C17H22ClF3N2O3. The van der Waals surface area contributed by atoms with Gasteiger partial charge in [0.1, 0.15) is 0 Å². The van der Waals surface area contributed by atoms with Crippen molar-refractivity contribution in [3.8, 4) is 0 Å². The van der Waals surface area contributed by atoms with Gasteiger partial charge in [0.05, 0.1) is 6.61 Å². The predicted octanol–water partition coefficient (Wildman–Crippen LogP) is 4.04. The number of amides is 1. The zero-order valence-electron chi connectivity index (χ0n) is 15.0. The van der Waals surface area contributed by atoms with Crippen molar-refractivity contribution in [2.24, 2.45) is 5.92 Å². The number of rotatable bonds is 7. The number of nitrogens with one attached hydrogen (secondary N) is 2. The molecular weight excluding hydrogens is 373 g/mol. The minimum atomic E-state index is -5.17. The summed E-state index contributed by atoms with van der Waals surface area (Å²) < 4.78 is 46.5. The predicted molar refractivity (Wildman–Crippen MR) is 92.8 cm³/mol. The maximum Gasteiger partial charge on any atom is 0.441 e. The monoisotopic (exact) mass is 394 g/mol. The molecule has 9 heteroatoms. The Kier molecular flexibility index (Phi) is 7.32. The van der Waals surface area contributed by atoms with Crippen LogP contribution in [0.25, 0.3) is 0 Å². The standard InChI is InChI=1S/C17H22ClF3N2O3/c1-5-26-15(25)16(17(19,20)21,23-14(24)9-10(2)3)22-13-8-6-7-12(18)11(13)4/h6-8,10,22H,5,9H2,1-4H3,(H,23,24)/t16-/m1/s1. The third-order valence-electron chi connectivity index (χ3n) is 3.52. The second kappa shape index (κ2) is 8.62. The van der Waals surface area contributed by atoms with Crippen LogP contribution in [0.5, 0.6) is 0 Å². The first-order valence-electron chi connectivity index (χ1n) is 8.02. The van der Waals surface area contributed by atoms with Gasteiger partial charge in [-0.25, -0.2) is 4.79 Å². The molecule has 1 aromatic carbocycles. The second-order valence-electron chi connectivity index (χ2n) is 6.15. The van der Waals surface area contributed by atoms with Gasteiger partial charge in [-0.3, -0.25) is 4.79 Å². The van der Waals surface area contributed by atoms with Crippen LogP contribution in [-0.2, 0) is 14.3 Å².